The van der Waals surface area contributed by atoms with E-state index < -0.39 is 0 Å². The summed E-state index contributed by atoms with van der Waals surface area (Å²) in [4.78, 5) is 16.2. The van der Waals surface area contributed by atoms with Crippen LogP contribution in [0.1, 0.15) is 0 Å². The van der Waals surface area contributed by atoms with Gasteiger partial charge in [0.1, 0.15) is 0 Å². The van der Waals surface area contributed by atoms with Crippen molar-refractivity contribution in [3.63, 3.8) is 0 Å². The highest BCUT2D eigenvalue weighted by molar-refractivity contribution is 5.45. The summed E-state index contributed by atoms with van der Waals surface area (Å²) in [5, 5.41) is 8.87. The van der Waals surface area contributed by atoms with Gasteiger partial charge in [-0.1, -0.05) is 18.2 Å². The molecule has 0 radical (unpaired) electrons. The maximum absolute atomic E-state index is 11.8. The van der Waals surface area contributed by atoms with Gasteiger partial charge in [0.15, 0.2) is 0 Å². The summed E-state index contributed by atoms with van der Waals surface area (Å²) in [7, 11) is 0. The van der Waals surface area contributed by atoms with E-state index in [2.05, 4.69) is 9.80 Å². The average molecular weight is 234 g/mol. The van der Waals surface area contributed by atoms with E-state index in [1.54, 1.807) is 12.1 Å². The topological polar surface area (TPSA) is 43.8 Å². The molecule has 2 rings (SSSR count). The monoisotopic (exact) mass is 234 g/mol. The van der Waals surface area contributed by atoms with Gasteiger partial charge in [0.25, 0.3) is 0 Å². The molecular weight excluding hydrogens is 216 g/mol. The Morgan fingerprint density at radius 3 is 2.47 bits per heavy atom. The molecule has 17 heavy (non-hydrogen) atoms. The number of rotatable bonds is 3. The fourth-order valence-corrected chi connectivity index (χ4v) is 2.14. The van der Waals surface area contributed by atoms with E-state index in [9.17, 15) is 4.79 Å². The molecule has 1 aromatic carbocycles. The largest absolute Gasteiger partial charge is 0.395 e. The first kappa shape index (κ1) is 12.1. The molecule has 92 valence electrons. The van der Waals surface area contributed by atoms with Gasteiger partial charge in [-0.05, 0) is 12.1 Å². The van der Waals surface area contributed by atoms with Crippen molar-refractivity contribution in [3.8, 4) is 0 Å². The molecule has 0 aromatic heterocycles. The lowest BCUT2D eigenvalue weighted by atomic mass is 10.2. The fourth-order valence-electron chi connectivity index (χ4n) is 2.14. The molecule has 0 unspecified atom stereocenters. The second kappa shape index (κ2) is 5.80. The minimum absolute atomic E-state index is 0.0746. The Kier molecular flexibility index (Phi) is 4.12. The minimum Gasteiger partial charge on any atom is -0.395 e. The smallest absolute Gasteiger partial charge is 0.201 e. The Morgan fingerprint density at radius 1 is 1.06 bits per heavy atom. The van der Waals surface area contributed by atoms with Crippen LogP contribution in [0.25, 0.3) is 0 Å². The molecule has 0 amide bonds. The molecule has 1 fully saturated rings. The third-order valence-corrected chi connectivity index (χ3v) is 3.11. The van der Waals surface area contributed by atoms with Crippen LogP contribution in [-0.4, -0.2) is 49.3 Å². The number of aliphatic hydroxyl groups excluding tert-OH is 1. The Labute approximate surface area is 101 Å². The van der Waals surface area contributed by atoms with Gasteiger partial charge in [0.2, 0.25) is 5.43 Å². The van der Waals surface area contributed by atoms with Gasteiger partial charge >= 0.3 is 0 Å². The summed E-state index contributed by atoms with van der Waals surface area (Å²) >= 11 is 0. The van der Waals surface area contributed by atoms with Crippen molar-refractivity contribution in [3.05, 3.63) is 40.6 Å². The lowest BCUT2D eigenvalue weighted by Crippen LogP contribution is -2.48. The summed E-state index contributed by atoms with van der Waals surface area (Å²) in [5.74, 6) is 0. The van der Waals surface area contributed by atoms with Crippen molar-refractivity contribution in [1.29, 1.82) is 0 Å². The Morgan fingerprint density at radius 2 is 1.76 bits per heavy atom. The van der Waals surface area contributed by atoms with Crippen LogP contribution >= 0.6 is 0 Å². The van der Waals surface area contributed by atoms with Gasteiger partial charge in [-0.3, -0.25) is 9.69 Å². The van der Waals surface area contributed by atoms with E-state index in [4.69, 9.17) is 5.11 Å². The first-order chi connectivity index (χ1) is 8.31. The number of anilines is 1. The Hall–Kier alpha value is -1.39. The number of aliphatic hydroxyl groups is 1. The maximum atomic E-state index is 11.8. The van der Waals surface area contributed by atoms with E-state index in [0.29, 0.717) is 0 Å². The summed E-state index contributed by atoms with van der Waals surface area (Å²) in [6.45, 7) is 4.42. The average Bonchev–Trinajstić information content (AvgIpc) is 2.56. The third-order valence-electron chi connectivity index (χ3n) is 3.11. The summed E-state index contributed by atoms with van der Waals surface area (Å²) < 4.78 is 0. The molecule has 0 saturated carbocycles. The minimum atomic E-state index is 0.0746. The van der Waals surface area contributed by atoms with Crippen molar-refractivity contribution in [2.45, 2.75) is 0 Å². The summed E-state index contributed by atoms with van der Waals surface area (Å²) in [5.41, 5.74) is 0.851. The van der Waals surface area contributed by atoms with E-state index in [-0.39, 0.29) is 12.0 Å². The molecule has 0 atom stereocenters. The third kappa shape index (κ3) is 3.05. The predicted molar refractivity (Wildman–Crippen MR) is 68.5 cm³/mol. The first-order valence-corrected chi connectivity index (χ1v) is 5.99. The maximum Gasteiger partial charge on any atom is 0.201 e. The molecule has 1 N–H and O–H groups in total. The van der Waals surface area contributed by atoms with Crippen LogP contribution in [0.15, 0.2) is 35.1 Å². The van der Waals surface area contributed by atoms with E-state index in [1.165, 1.54) is 0 Å². The molecular formula is C13H18N2O2. The molecule has 0 bridgehead atoms. The van der Waals surface area contributed by atoms with Crippen molar-refractivity contribution in [2.24, 2.45) is 0 Å². The lowest BCUT2D eigenvalue weighted by molar-refractivity contribution is 0.188. The SMILES string of the molecule is O=c1cccccc1N1CCN(CCO)CC1. The predicted octanol–water partition coefficient (Wildman–Crippen LogP) is 0.161. The number of nitrogens with zero attached hydrogens (tertiary/aromatic N) is 2. The Bertz CT molecular complexity index is 414. The van der Waals surface area contributed by atoms with Crippen LogP contribution in [0.2, 0.25) is 0 Å². The molecule has 4 nitrogen and oxygen atoms in total. The summed E-state index contributed by atoms with van der Waals surface area (Å²) in [6, 6.07) is 9.02. The number of hydrogen-bond donors (Lipinski definition) is 1. The molecule has 1 aromatic rings. The molecule has 1 saturated heterocycles. The molecule has 1 heterocycles. The van der Waals surface area contributed by atoms with Gasteiger partial charge < -0.3 is 10.0 Å². The standard InChI is InChI=1S/C13H18N2O2/c16-11-10-14-6-8-15(9-7-14)12-4-2-1-3-5-13(12)17/h1-5,16H,6-11H2. The number of hydrogen-bond acceptors (Lipinski definition) is 4. The molecule has 1 aliphatic heterocycles. The highest BCUT2D eigenvalue weighted by Crippen LogP contribution is 2.10. The highest BCUT2D eigenvalue weighted by Gasteiger charge is 2.17. The van der Waals surface area contributed by atoms with Crippen LogP contribution in [0.5, 0.6) is 0 Å². The van der Waals surface area contributed by atoms with Gasteiger partial charge in [0.05, 0.1) is 12.3 Å². The van der Waals surface area contributed by atoms with E-state index in [1.807, 2.05) is 18.2 Å². The quantitative estimate of drug-likeness (QED) is 0.809. The second-order valence-electron chi connectivity index (χ2n) is 4.21. The van der Waals surface area contributed by atoms with Crippen molar-refractivity contribution < 1.29 is 5.11 Å². The molecule has 0 aliphatic carbocycles. The number of β-amino-alcohol motifs (C(OH)–C–C–N with tert-alkyl or cyclic N) is 1. The molecule has 4 heteroatoms. The van der Waals surface area contributed by atoms with Crippen molar-refractivity contribution >= 4 is 5.69 Å². The zero-order valence-electron chi connectivity index (χ0n) is 9.88. The van der Waals surface area contributed by atoms with Gasteiger partial charge in [0, 0.05) is 32.7 Å². The lowest BCUT2D eigenvalue weighted by Gasteiger charge is -2.35. The van der Waals surface area contributed by atoms with E-state index >= 15 is 0 Å². The zero-order valence-corrected chi connectivity index (χ0v) is 9.88. The van der Waals surface area contributed by atoms with Gasteiger partial charge in [-0.2, -0.15) is 0 Å². The first-order valence-electron chi connectivity index (χ1n) is 5.99. The second-order valence-corrected chi connectivity index (χ2v) is 4.21. The zero-order chi connectivity index (χ0) is 12.1. The van der Waals surface area contributed by atoms with Crippen molar-refractivity contribution in [1.82, 2.24) is 4.90 Å². The van der Waals surface area contributed by atoms with Crippen LogP contribution in [0, 0.1) is 0 Å². The molecule has 0 spiro atoms. The highest BCUT2D eigenvalue weighted by atomic mass is 16.3. The Balaban J connectivity index is 2.06. The van der Waals surface area contributed by atoms with Crippen LogP contribution in [0.4, 0.5) is 5.69 Å². The van der Waals surface area contributed by atoms with Gasteiger partial charge in [-0.25, -0.2) is 0 Å². The van der Waals surface area contributed by atoms with Crippen LogP contribution in [0.3, 0.4) is 0 Å². The fraction of sp³-hybridized carbons (Fsp3) is 0.462. The van der Waals surface area contributed by atoms with Crippen molar-refractivity contribution in [2.75, 3.05) is 44.2 Å². The van der Waals surface area contributed by atoms with Crippen LogP contribution in [-0.2, 0) is 0 Å². The summed E-state index contributed by atoms with van der Waals surface area (Å²) in [6.07, 6.45) is 0. The number of piperazine rings is 1. The van der Waals surface area contributed by atoms with Gasteiger partial charge in [-0.15, -0.1) is 0 Å². The van der Waals surface area contributed by atoms with E-state index in [0.717, 1.165) is 38.4 Å². The van der Waals surface area contributed by atoms with Crippen LogP contribution < -0.4 is 10.3 Å². The normalized spacial score (nSPS) is 17.1. The molecule has 1 aliphatic rings.